The van der Waals surface area contributed by atoms with E-state index >= 15 is 0 Å². The van der Waals surface area contributed by atoms with E-state index in [0.717, 1.165) is 0 Å². The van der Waals surface area contributed by atoms with E-state index in [0.29, 0.717) is 11.3 Å². The topological polar surface area (TPSA) is 64.6 Å². The van der Waals surface area contributed by atoms with E-state index in [9.17, 15) is 9.59 Å². The highest BCUT2D eigenvalue weighted by Gasteiger charge is 2.08. The van der Waals surface area contributed by atoms with Crippen molar-refractivity contribution in [1.82, 2.24) is 5.32 Å². The fourth-order valence-corrected chi connectivity index (χ4v) is 0.716. The SMILES string of the molecule is COC(=O)CNC(C)=C(C)C(=O)OC. The lowest BCUT2D eigenvalue weighted by atomic mass is 10.2. The third-order valence-electron chi connectivity index (χ3n) is 1.78. The van der Waals surface area contributed by atoms with Crippen LogP contribution in [0.2, 0.25) is 0 Å². The molecule has 0 unspecified atom stereocenters. The van der Waals surface area contributed by atoms with Crippen LogP contribution in [-0.4, -0.2) is 32.7 Å². The lowest BCUT2D eigenvalue weighted by Gasteiger charge is -2.08. The van der Waals surface area contributed by atoms with Gasteiger partial charge in [0, 0.05) is 5.70 Å². The van der Waals surface area contributed by atoms with Crippen molar-refractivity contribution in [2.45, 2.75) is 13.8 Å². The fourth-order valence-electron chi connectivity index (χ4n) is 0.716. The number of esters is 2. The molecule has 0 amide bonds. The van der Waals surface area contributed by atoms with Gasteiger partial charge in [-0.25, -0.2) is 4.79 Å². The average Bonchev–Trinajstić information content (AvgIpc) is 2.22. The van der Waals surface area contributed by atoms with Crippen molar-refractivity contribution in [1.29, 1.82) is 0 Å². The molecule has 5 heteroatoms. The lowest BCUT2D eigenvalue weighted by molar-refractivity contribution is -0.139. The van der Waals surface area contributed by atoms with Crippen molar-refractivity contribution >= 4 is 11.9 Å². The largest absolute Gasteiger partial charge is 0.468 e. The maximum absolute atomic E-state index is 11.0. The van der Waals surface area contributed by atoms with Gasteiger partial charge in [0.15, 0.2) is 0 Å². The van der Waals surface area contributed by atoms with Gasteiger partial charge in [0.2, 0.25) is 0 Å². The third kappa shape index (κ3) is 3.93. The molecule has 0 heterocycles. The van der Waals surface area contributed by atoms with E-state index in [1.165, 1.54) is 14.2 Å². The number of rotatable bonds is 4. The molecule has 14 heavy (non-hydrogen) atoms. The number of hydrogen-bond donors (Lipinski definition) is 1. The highest BCUT2D eigenvalue weighted by Crippen LogP contribution is 2.01. The van der Waals surface area contributed by atoms with Crippen molar-refractivity contribution < 1.29 is 19.1 Å². The zero-order valence-electron chi connectivity index (χ0n) is 8.84. The molecule has 0 aliphatic rings. The van der Waals surface area contributed by atoms with Crippen molar-refractivity contribution in [2.75, 3.05) is 20.8 Å². The second kappa shape index (κ2) is 6.01. The van der Waals surface area contributed by atoms with E-state index in [-0.39, 0.29) is 12.5 Å². The van der Waals surface area contributed by atoms with Gasteiger partial charge in [0.25, 0.3) is 0 Å². The van der Waals surface area contributed by atoms with Crippen LogP contribution in [0, 0.1) is 0 Å². The average molecular weight is 201 g/mol. The molecule has 5 nitrogen and oxygen atoms in total. The maximum atomic E-state index is 11.0. The summed E-state index contributed by atoms with van der Waals surface area (Å²) in [5.74, 6) is -0.804. The summed E-state index contributed by atoms with van der Waals surface area (Å²) in [5.41, 5.74) is 1.04. The van der Waals surface area contributed by atoms with Crippen molar-refractivity contribution in [3.63, 3.8) is 0 Å². The molecule has 0 atom stereocenters. The number of methoxy groups -OCH3 is 2. The summed E-state index contributed by atoms with van der Waals surface area (Å²) >= 11 is 0. The molecule has 0 radical (unpaired) electrons. The Morgan fingerprint density at radius 1 is 1.14 bits per heavy atom. The van der Waals surface area contributed by atoms with Crippen LogP contribution in [-0.2, 0) is 19.1 Å². The van der Waals surface area contributed by atoms with E-state index in [4.69, 9.17) is 0 Å². The molecule has 0 aromatic heterocycles. The second-order valence-corrected chi connectivity index (χ2v) is 2.67. The first-order valence-corrected chi connectivity index (χ1v) is 4.09. The molecule has 0 saturated heterocycles. The summed E-state index contributed by atoms with van der Waals surface area (Å²) in [5, 5.41) is 2.75. The smallest absolute Gasteiger partial charge is 0.335 e. The molecular weight excluding hydrogens is 186 g/mol. The van der Waals surface area contributed by atoms with Crippen LogP contribution < -0.4 is 5.32 Å². The first kappa shape index (κ1) is 12.5. The molecule has 0 fully saturated rings. The van der Waals surface area contributed by atoms with E-state index in [1.54, 1.807) is 13.8 Å². The Morgan fingerprint density at radius 3 is 2.14 bits per heavy atom. The Labute approximate surface area is 83.1 Å². The van der Waals surface area contributed by atoms with Gasteiger partial charge in [-0.05, 0) is 13.8 Å². The highest BCUT2D eigenvalue weighted by molar-refractivity contribution is 5.88. The van der Waals surface area contributed by atoms with Crippen LogP contribution in [0.1, 0.15) is 13.8 Å². The summed E-state index contributed by atoms with van der Waals surface area (Å²) in [6.45, 7) is 3.34. The van der Waals surface area contributed by atoms with Crippen molar-refractivity contribution in [3.05, 3.63) is 11.3 Å². The van der Waals surface area contributed by atoms with Crippen LogP contribution >= 0.6 is 0 Å². The predicted octanol–water partition coefficient (Wildman–Crippen LogP) is 0.216. The molecule has 80 valence electrons. The highest BCUT2D eigenvalue weighted by atomic mass is 16.5. The number of ether oxygens (including phenoxy) is 2. The Hall–Kier alpha value is -1.52. The van der Waals surface area contributed by atoms with Gasteiger partial charge < -0.3 is 14.8 Å². The Bertz CT molecular complexity index is 258. The Morgan fingerprint density at radius 2 is 1.71 bits per heavy atom. The monoisotopic (exact) mass is 201 g/mol. The third-order valence-corrected chi connectivity index (χ3v) is 1.78. The minimum Gasteiger partial charge on any atom is -0.468 e. The molecule has 0 saturated carbocycles. The van der Waals surface area contributed by atoms with Gasteiger partial charge in [0.05, 0.1) is 19.8 Å². The summed E-state index contributed by atoms with van der Waals surface area (Å²) in [6, 6.07) is 0. The summed E-state index contributed by atoms with van der Waals surface area (Å²) in [4.78, 5) is 21.8. The Kier molecular flexibility index (Phi) is 5.36. The van der Waals surface area contributed by atoms with Gasteiger partial charge in [-0.2, -0.15) is 0 Å². The number of allylic oxidation sites excluding steroid dienone is 1. The minimum absolute atomic E-state index is 0.0384. The van der Waals surface area contributed by atoms with Crippen LogP contribution in [0.5, 0.6) is 0 Å². The van der Waals surface area contributed by atoms with Crippen molar-refractivity contribution in [3.8, 4) is 0 Å². The number of nitrogens with one attached hydrogen (secondary N) is 1. The molecule has 0 bridgehead atoms. The molecule has 0 aromatic rings. The summed E-state index contributed by atoms with van der Waals surface area (Å²) in [6.07, 6.45) is 0. The molecule has 0 aliphatic heterocycles. The molecule has 0 spiro atoms. The van der Waals surface area contributed by atoms with E-state index in [2.05, 4.69) is 14.8 Å². The lowest BCUT2D eigenvalue weighted by Crippen LogP contribution is -2.24. The number of hydrogen-bond acceptors (Lipinski definition) is 5. The van der Waals surface area contributed by atoms with Gasteiger partial charge in [-0.3, -0.25) is 4.79 Å². The predicted molar refractivity (Wildman–Crippen MR) is 50.4 cm³/mol. The van der Waals surface area contributed by atoms with Gasteiger partial charge >= 0.3 is 11.9 Å². The van der Waals surface area contributed by atoms with Crippen molar-refractivity contribution in [2.24, 2.45) is 0 Å². The minimum atomic E-state index is -0.417. The first-order valence-electron chi connectivity index (χ1n) is 4.09. The fraction of sp³-hybridized carbons (Fsp3) is 0.556. The van der Waals surface area contributed by atoms with E-state index < -0.39 is 5.97 Å². The van der Waals surface area contributed by atoms with E-state index in [1.807, 2.05) is 0 Å². The molecule has 0 aromatic carbocycles. The molecule has 0 rings (SSSR count). The maximum Gasteiger partial charge on any atom is 0.335 e. The number of carbonyl (C=O) groups excluding carboxylic acids is 2. The quantitative estimate of drug-likeness (QED) is 0.520. The van der Waals surface area contributed by atoms with Gasteiger partial charge in [0.1, 0.15) is 6.54 Å². The van der Waals surface area contributed by atoms with Crippen LogP contribution in [0.4, 0.5) is 0 Å². The summed E-state index contributed by atoms with van der Waals surface area (Å²) in [7, 11) is 2.61. The standard InChI is InChI=1S/C9H15NO4/c1-6(9(12)14-4)7(2)10-5-8(11)13-3/h10H,5H2,1-4H3. The van der Waals surface area contributed by atoms with Crippen LogP contribution in [0.15, 0.2) is 11.3 Å². The Balaban J connectivity index is 4.23. The normalized spacial score (nSPS) is 11.4. The number of carbonyl (C=O) groups is 2. The second-order valence-electron chi connectivity index (χ2n) is 2.67. The molecule has 0 aliphatic carbocycles. The van der Waals surface area contributed by atoms with Crippen LogP contribution in [0.25, 0.3) is 0 Å². The van der Waals surface area contributed by atoms with Gasteiger partial charge in [-0.1, -0.05) is 0 Å². The first-order chi connectivity index (χ1) is 6.52. The zero-order valence-corrected chi connectivity index (χ0v) is 8.84. The zero-order chi connectivity index (χ0) is 11.1. The summed E-state index contributed by atoms with van der Waals surface area (Å²) < 4.78 is 8.94. The van der Waals surface area contributed by atoms with Crippen LogP contribution in [0.3, 0.4) is 0 Å². The molecule has 1 N–H and O–H groups in total. The van der Waals surface area contributed by atoms with Gasteiger partial charge in [-0.15, -0.1) is 0 Å². The molecular formula is C9H15NO4.